The number of hydrogen-bond donors (Lipinski definition) is 2. The van der Waals surface area contributed by atoms with E-state index in [0.29, 0.717) is 5.56 Å². The molecule has 8 heteroatoms. The number of carbonyl (C=O) groups excluding carboxylic acids is 1. The van der Waals surface area contributed by atoms with Crippen LogP contribution in [0.1, 0.15) is 11.1 Å². The molecule has 0 radical (unpaired) electrons. The summed E-state index contributed by atoms with van der Waals surface area (Å²) in [5, 5.41) is 15.5. The van der Waals surface area contributed by atoms with E-state index in [0.717, 1.165) is 16.7 Å². The molecular weight excluding hydrogens is 350 g/mol. The molecule has 0 saturated carbocycles. The quantitative estimate of drug-likeness (QED) is 0.480. The number of thioether (sulfide) groups is 1. The van der Waals surface area contributed by atoms with Crippen LogP contribution in [0.15, 0.2) is 63.8 Å². The molecule has 0 bridgehead atoms. The van der Waals surface area contributed by atoms with Crippen molar-refractivity contribution in [3.63, 3.8) is 0 Å². The normalized spacial score (nSPS) is 18.5. The predicted octanol–water partition coefficient (Wildman–Crippen LogP) is 3.15. The maximum Gasteiger partial charge on any atom is 0.377 e. The van der Waals surface area contributed by atoms with Gasteiger partial charge in [-0.05, 0) is 17.4 Å². The molecule has 3 rings (SSSR count). The Kier molecular flexibility index (Phi) is 4.85. The molecule has 0 saturated heterocycles. The first kappa shape index (κ1) is 17.8. The smallest absolute Gasteiger partial charge is 0.377 e. The number of nitrogens with one attached hydrogen (secondary N) is 1. The van der Waals surface area contributed by atoms with E-state index in [2.05, 4.69) is 20.0 Å². The molecular formula is C18H17N5O2S. The van der Waals surface area contributed by atoms with Gasteiger partial charge in [-0.3, -0.25) is 5.41 Å². The Morgan fingerprint density at radius 1 is 1.12 bits per heavy atom. The monoisotopic (exact) mass is 367 g/mol. The van der Waals surface area contributed by atoms with Gasteiger partial charge in [-0.2, -0.15) is 0 Å². The SMILES string of the molecule is COC(=O)C1=NC(SC)(c2ccc(-c3ccc(C(=N)N)cc3)cc2)N=N1. The molecule has 0 aliphatic carbocycles. The molecule has 1 atom stereocenters. The number of amidine groups is 2. The Labute approximate surface area is 154 Å². The number of esters is 1. The Balaban J connectivity index is 1.89. The van der Waals surface area contributed by atoms with Gasteiger partial charge in [0.1, 0.15) is 5.84 Å². The molecule has 1 unspecified atom stereocenters. The first-order valence-corrected chi connectivity index (χ1v) is 8.93. The van der Waals surface area contributed by atoms with Gasteiger partial charge in [-0.15, -0.1) is 22.0 Å². The molecule has 0 aromatic heterocycles. The van der Waals surface area contributed by atoms with Crippen LogP contribution in [0, 0.1) is 5.41 Å². The van der Waals surface area contributed by atoms with Crippen molar-refractivity contribution < 1.29 is 9.53 Å². The average molecular weight is 367 g/mol. The number of hydrogen-bond acceptors (Lipinski definition) is 7. The highest BCUT2D eigenvalue weighted by Crippen LogP contribution is 2.41. The number of nitrogens with two attached hydrogens (primary N) is 1. The van der Waals surface area contributed by atoms with Crippen molar-refractivity contribution in [2.45, 2.75) is 4.99 Å². The zero-order valence-corrected chi connectivity index (χ0v) is 15.1. The van der Waals surface area contributed by atoms with Gasteiger partial charge in [-0.25, -0.2) is 9.79 Å². The van der Waals surface area contributed by atoms with Crippen molar-refractivity contribution >= 4 is 29.4 Å². The van der Waals surface area contributed by atoms with E-state index in [1.165, 1.54) is 18.9 Å². The third-order valence-corrected chi connectivity index (χ3v) is 4.96. The van der Waals surface area contributed by atoms with Gasteiger partial charge in [-0.1, -0.05) is 48.5 Å². The molecule has 0 amide bonds. The zero-order valence-electron chi connectivity index (χ0n) is 14.3. The number of ether oxygens (including phenoxy) is 1. The van der Waals surface area contributed by atoms with Gasteiger partial charge < -0.3 is 10.5 Å². The first-order chi connectivity index (χ1) is 12.5. The van der Waals surface area contributed by atoms with Crippen LogP contribution in [0.5, 0.6) is 0 Å². The third-order valence-electron chi connectivity index (χ3n) is 3.98. The summed E-state index contributed by atoms with van der Waals surface area (Å²) in [4.78, 5) is 15.0. The minimum Gasteiger partial charge on any atom is -0.463 e. The van der Waals surface area contributed by atoms with E-state index >= 15 is 0 Å². The van der Waals surface area contributed by atoms with Crippen molar-refractivity contribution in [1.82, 2.24) is 0 Å². The molecule has 132 valence electrons. The number of nitrogens with zero attached hydrogens (tertiary/aromatic N) is 3. The summed E-state index contributed by atoms with van der Waals surface area (Å²) in [6.45, 7) is 0. The van der Waals surface area contributed by atoms with Gasteiger partial charge in [0, 0.05) is 11.1 Å². The van der Waals surface area contributed by atoms with Crippen molar-refractivity contribution in [3.05, 3.63) is 59.7 Å². The van der Waals surface area contributed by atoms with Crippen LogP contribution in [0.4, 0.5) is 0 Å². The van der Waals surface area contributed by atoms with E-state index in [-0.39, 0.29) is 11.7 Å². The van der Waals surface area contributed by atoms with Crippen molar-refractivity contribution in [1.29, 1.82) is 5.41 Å². The van der Waals surface area contributed by atoms with Crippen molar-refractivity contribution in [2.24, 2.45) is 21.0 Å². The lowest BCUT2D eigenvalue weighted by atomic mass is 10.0. The van der Waals surface area contributed by atoms with Crippen LogP contribution in [0.25, 0.3) is 11.1 Å². The molecule has 1 aliphatic rings. The van der Waals surface area contributed by atoms with Crippen LogP contribution in [0.2, 0.25) is 0 Å². The maximum atomic E-state index is 11.6. The molecule has 26 heavy (non-hydrogen) atoms. The van der Waals surface area contributed by atoms with Crippen LogP contribution >= 0.6 is 11.8 Å². The fourth-order valence-corrected chi connectivity index (χ4v) is 3.20. The molecule has 2 aromatic carbocycles. The predicted molar refractivity (Wildman–Crippen MR) is 102 cm³/mol. The number of rotatable bonds is 5. The molecule has 2 aromatic rings. The highest BCUT2D eigenvalue weighted by molar-refractivity contribution is 7.99. The van der Waals surface area contributed by atoms with Crippen LogP contribution in [-0.2, 0) is 14.5 Å². The second-order valence-electron chi connectivity index (χ2n) is 5.51. The Hall–Kier alpha value is -3.00. The summed E-state index contributed by atoms with van der Waals surface area (Å²) in [6.07, 6.45) is 1.86. The minimum atomic E-state index is -0.972. The summed E-state index contributed by atoms with van der Waals surface area (Å²) in [6, 6.07) is 15.2. The van der Waals surface area contributed by atoms with Crippen molar-refractivity contribution in [3.8, 4) is 11.1 Å². The number of nitrogen functional groups attached to an aromatic ring is 1. The standard InChI is InChI=1S/C18H17N5O2S/c1-25-17(24)16-21-18(26-2,23-22-16)14-9-7-12(8-10-14)11-3-5-13(6-4-11)15(19)20/h3-10H,1-2H3,(H3,19,20). The van der Waals surface area contributed by atoms with Gasteiger partial charge in [0.25, 0.3) is 5.84 Å². The largest absolute Gasteiger partial charge is 0.463 e. The van der Waals surface area contributed by atoms with E-state index < -0.39 is 11.0 Å². The first-order valence-electron chi connectivity index (χ1n) is 7.70. The molecule has 0 fully saturated rings. The zero-order chi connectivity index (χ0) is 18.7. The molecule has 1 aliphatic heterocycles. The molecule has 1 heterocycles. The Morgan fingerprint density at radius 2 is 1.69 bits per heavy atom. The van der Waals surface area contributed by atoms with Gasteiger partial charge >= 0.3 is 5.97 Å². The summed E-state index contributed by atoms with van der Waals surface area (Å²) in [7, 11) is 1.28. The third kappa shape index (κ3) is 3.23. The fourth-order valence-electron chi connectivity index (χ4n) is 2.53. The second kappa shape index (κ2) is 7.09. The average Bonchev–Trinajstić information content (AvgIpc) is 3.13. The Morgan fingerprint density at radius 3 is 2.19 bits per heavy atom. The van der Waals surface area contributed by atoms with Crippen LogP contribution in [-0.4, -0.2) is 31.0 Å². The maximum absolute atomic E-state index is 11.6. The molecule has 0 spiro atoms. The summed E-state index contributed by atoms with van der Waals surface area (Å²) >= 11 is 1.38. The van der Waals surface area contributed by atoms with E-state index in [4.69, 9.17) is 11.1 Å². The highest BCUT2D eigenvalue weighted by Gasteiger charge is 2.37. The number of aliphatic imine (C=N–C) groups is 1. The fraction of sp³-hybridized carbons (Fsp3) is 0.167. The summed E-state index contributed by atoms with van der Waals surface area (Å²) < 4.78 is 4.65. The minimum absolute atomic E-state index is 0.0363. The van der Waals surface area contributed by atoms with E-state index in [1.807, 2.05) is 54.8 Å². The lowest BCUT2D eigenvalue weighted by molar-refractivity contribution is -0.132. The summed E-state index contributed by atoms with van der Waals surface area (Å²) in [5.41, 5.74) is 8.99. The van der Waals surface area contributed by atoms with E-state index in [1.54, 1.807) is 0 Å². The molecule has 3 N–H and O–H groups in total. The van der Waals surface area contributed by atoms with Gasteiger partial charge in [0.15, 0.2) is 0 Å². The van der Waals surface area contributed by atoms with E-state index in [9.17, 15) is 4.79 Å². The second-order valence-corrected chi connectivity index (χ2v) is 6.49. The lowest BCUT2D eigenvalue weighted by Gasteiger charge is -2.19. The van der Waals surface area contributed by atoms with Gasteiger partial charge in [0.05, 0.1) is 7.11 Å². The highest BCUT2D eigenvalue weighted by atomic mass is 32.2. The number of benzene rings is 2. The number of azo groups is 1. The van der Waals surface area contributed by atoms with Crippen LogP contribution < -0.4 is 5.73 Å². The summed E-state index contributed by atoms with van der Waals surface area (Å²) in [5.74, 6) is -0.600. The Bertz CT molecular complexity index is 906. The number of methoxy groups -OCH3 is 1. The number of carbonyl (C=O) groups is 1. The van der Waals surface area contributed by atoms with Crippen molar-refractivity contribution in [2.75, 3.05) is 13.4 Å². The van der Waals surface area contributed by atoms with Gasteiger partial charge in [0.2, 0.25) is 4.99 Å². The lowest BCUT2D eigenvalue weighted by Crippen LogP contribution is -2.16. The topological polar surface area (TPSA) is 113 Å². The molecule has 7 nitrogen and oxygen atoms in total. The van der Waals surface area contributed by atoms with Crippen LogP contribution in [0.3, 0.4) is 0 Å².